The van der Waals surface area contributed by atoms with Crippen molar-refractivity contribution in [1.29, 1.82) is 0 Å². The molecule has 1 aromatic heterocycles. The summed E-state index contributed by atoms with van der Waals surface area (Å²) in [5.41, 5.74) is 1.59. The highest BCUT2D eigenvalue weighted by Crippen LogP contribution is 2.20. The predicted octanol–water partition coefficient (Wildman–Crippen LogP) is 2.77. The molecule has 0 saturated heterocycles. The Balaban J connectivity index is 1.63. The summed E-state index contributed by atoms with van der Waals surface area (Å²) in [5, 5.41) is 10.9. The summed E-state index contributed by atoms with van der Waals surface area (Å²) < 4.78 is 4.88. The normalized spacial score (nSPS) is 17.2. The van der Waals surface area contributed by atoms with Gasteiger partial charge in [-0.15, -0.1) is 0 Å². The fourth-order valence-electron chi connectivity index (χ4n) is 1.96. The highest BCUT2D eigenvalue weighted by molar-refractivity contribution is 6.30. The van der Waals surface area contributed by atoms with Gasteiger partial charge in [0, 0.05) is 17.5 Å². The van der Waals surface area contributed by atoms with Gasteiger partial charge in [-0.25, -0.2) is 0 Å². The number of oxime groups is 1. The van der Waals surface area contributed by atoms with Gasteiger partial charge in [0.1, 0.15) is 5.76 Å². The molecule has 1 aliphatic rings. The van der Waals surface area contributed by atoms with Gasteiger partial charge in [-0.3, -0.25) is 4.79 Å². The lowest BCUT2D eigenvalue weighted by Crippen LogP contribution is -2.28. The number of nitrogens with zero attached hydrogens (tertiary/aromatic N) is 2. The molecule has 0 fully saturated rings. The summed E-state index contributed by atoms with van der Waals surface area (Å²) in [7, 11) is 0. The van der Waals surface area contributed by atoms with Crippen LogP contribution in [0.4, 0.5) is 5.82 Å². The molecule has 6 nitrogen and oxygen atoms in total. The van der Waals surface area contributed by atoms with Crippen molar-refractivity contribution < 1.29 is 14.2 Å². The molecule has 7 heteroatoms. The van der Waals surface area contributed by atoms with E-state index in [1.54, 1.807) is 25.1 Å². The van der Waals surface area contributed by atoms with Gasteiger partial charge in [0.2, 0.25) is 6.10 Å². The summed E-state index contributed by atoms with van der Waals surface area (Å²) >= 11 is 5.84. The fourth-order valence-corrected chi connectivity index (χ4v) is 2.09. The minimum atomic E-state index is -0.673. The zero-order chi connectivity index (χ0) is 14.8. The van der Waals surface area contributed by atoms with E-state index in [9.17, 15) is 4.79 Å². The van der Waals surface area contributed by atoms with Crippen LogP contribution in [0.2, 0.25) is 5.02 Å². The number of benzene rings is 1. The Morgan fingerprint density at radius 1 is 1.38 bits per heavy atom. The standard InChI is InChI=1S/C14H12ClN3O3/c1-8-6-13(18-20-8)16-14(19)12-7-11(17-21-12)9-2-4-10(15)5-3-9/h2-6,12H,7H2,1H3,(H,16,18,19)/t12-/m1/s1. The third-order valence-corrected chi connectivity index (χ3v) is 3.27. The van der Waals surface area contributed by atoms with Crippen LogP contribution in [-0.2, 0) is 9.63 Å². The second-order valence-electron chi connectivity index (χ2n) is 4.66. The molecule has 0 saturated carbocycles. The molecule has 21 heavy (non-hydrogen) atoms. The van der Waals surface area contributed by atoms with E-state index in [2.05, 4.69) is 15.6 Å². The molecule has 0 aliphatic carbocycles. The first-order valence-electron chi connectivity index (χ1n) is 6.34. The maximum absolute atomic E-state index is 12.0. The van der Waals surface area contributed by atoms with E-state index in [-0.39, 0.29) is 5.91 Å². The molecule has 108 valence electrons. The van der Waals surface area contributed by atoms with Crippen LogP contribution in [0.15, 0.2) is 40.0 Å². The number of nitrogens with one attached hydrogen (secondary N) is 1. The molecule has 1 atom stereocenters. The van der Waals surface area contributed by atoms with Crippen molar-refractivity contribution in [3.8, 4) is 0 Å². The summed E-state index contributed by atoms with van der Waals surface area (Å²) in [6, 6.07) is 8.85. The number of hydrogen-bond acceptors (Lipinski definition) is 5. The van der Waals surface area contributed by atoms with Crippen LogP contribution in [0.25, 0.3) is 0 Å². The number of hydrogen-bond donors (Lipinski definition) is 1. The van der Waals surface area contributed by atoms with E-state index in [4.69, 9.17) is 21.0 Å². The molecule has 1 aliphatic heterocycles. The van der Waals surface area contributed by atoms with Crippen LogP contribution in [0, 0.1) is 6.92 Å². The Bertz CT molecular complexity index is 694. The van der Waals surface area contributed by atoms with Crippen molar-refractivity contribution in [3.63, 3.8) is 0 Å². The molecule has 1 N–H and O–H groups in total. The van der Waals surface area contributed by atoms with E-state index in [0.29, 0.717) is 28.7 Å². The highest BCUT2D eigenvalue weighted by Gasteiger charge is 2.29. The summed E-state index contributed by atoms with van der Waals surface area (Å²) in [6.07, 6.45) is -0.280. The van der Waals surface area contributed by atoms with Crippen molar-refractivity contribution in [2.24, 2.45) is 5.16 Å². The lowest BCUT2D eigenvalue weighted by atomic mass is 10.0. The van der Waals surface area contributed by atoms with E-state index < -0.39 is 6.10 Å². The summed E-state index contributed by atoms with van der Waals surface area (Å²) in [6.45, 7) is 1.75. The van der Waals surface area contributed by atoms with Crippen molar-refractivity contribution >= 4 is 29.0 Å². The monoisotopic (exact) mass is 305 g/mol. The fraction of sp³-hybridized carbons (Fsp3) is 0.214. The number of carbonyl (C=O) groups excluding carboxylic acids is 1. The first-order valence-corrected chi connectivity index (χ1v) is 6.72. The zero-order valence-corrected chi connectivity index (χ0v) is 11.9. The minimum absolute atomic E-state index is 0.309. The van der Waals surface area contributed by atoms with E-state index in [1.165, 1.54) is 0 Å². The van der Waals surface area contributed by atoms with Crippen LogP contribution >= 0.6 is 11.6 Å². The van der Waals surface area contributed by atoms with Gasteiger partial charge in [0.05, 0.1) is 5.71 Å². The lowest BCUT2D eigenvalue weighted by molar-refractivity contribution is -0.125. The molecule has 2 heterocycles. The third kappa shape index (κ3) is 3.05. The van der Waals surface area contributed by atoms with Gasteiger partial charge >= 0.3 is 0 Å². The molecule has 0 unspecified atom stereocenters. The van der Waals surface area contributed by atoms with Gasteiger partial charge in [-0.1, -0.05) is 34.0 Å². The Morgan fingerprint density at radius 2 is 2.14 bits per heavy atom. The number of aromatic nitrogens is 1. The van der Waals surface area contributed by atoms with Crippen molar-refractivity contribution in [2.75, 3.05) is 5.32 Å². The maximum Gasteiger partial charge on any atom is 0.269 e. The molecule has 3 rings (SSSR count). The van der Waals surface area contributed by atoms with Gasteiger partial charge in [0.25, 0.3) is 5.91 Å². The van der Waals surface area contributed by atoms with Crippen LogP contribution in [-0.4, -0.2) is 22.9 Å². The van der Waals surface area contributed by atoms with Crippen LogP contribution < -0.4 is 5.32 Å². The number of amides is 1. The third-order valence-electron chi connectivity index (χ3n) is 3.02. The van der Waals surface area contributed by atoms with E-state index in [0.717, 1.165) is 5.56 Å². The molecule has 0 spiro atoms. The van der Waals surface area contributed by atoms with Gasteiger partial charge < -0.3 is 14.7 Å². The van der Waals surface area contributed by atoms with Crippen LogP contribution in [0.1, 0.15) is 17.7 Å². The second-order valence-corrected chi connectivity index (χ2v) is 5.09. The SMILES string of the molecule is Cc1cc(NC(=O)[C@H]2CC(c3ccc(Cl)cc3)=NO2)no1. The quantitative estimate of drug-likeness (QED) is 0.946. The van der Waals surface area contributed by atoms with E-state index in [1.807, 2.05) is 12.1 Å². The number of aryl methyl sites for hydroxylation is 1. The Kier molecular flexibility index (Phi) is 3.62. The maximum atomic E-state index is 12.0. The number of halogens is 1. The second kappa shape index (κ2) is 5.57. The minimum Gasteiger partial charge on any atom is -0.382 e. The van der Waals surface area contributed by atoms with Gasteiger partial charge in [-0.2, -0.15) is 0 Å². The number of carbonyl (C=O) groups is 1. The number of anilines is 1. The smallest absolute Gasteiger partial charge is 0.269 e. The Hall–Kier alpha value is -2.34. The molecule has 1 amide bonds. The van der Waals surface area contributed by atoms with Gasteiger partial charge in [0.15, 0.2) is 5.82 Å². The van der Waals surface area contributed by atoms with Crippen LogP contribution in [0.5, 0.6) is 0 Å². The van der Waals surface area contributed by atoms with Crippen LogP contribution in [0.3, 0.4) is 0 Å². The largest absolute Gasteiger partial charge is 0.382 e. The first-order chi connectivity index (χ1) is 10.1. The highest BCUT2D eigenvalue weighted by atomic mass is 35.5. The van der Waals surface area contributed by atoms with Gasteiger partial charge in [-0.05, 0) is 24.6 Å². The van der Waals surface area contributed by atoms with Crippen molar-refractivity contribution in [1.82, 2.24) is 5.16 Å². The average Bonchev–Trinajstić information content (AvgIpc) is 3.09. The average molecular weight is 306 g/mol. The molecular formula is C14H12ClN3O3. The van der Waals surface area contributed by atoms with Crippen molar-refractivity contribution in [2.45, 2.75) is 19.4 Å². The molecule has 1 aromatic carbocycles. The molecule has 2 aromatic rings. The molecule has 0 radical (unpaired) electrons. The Morgan fingerprint density at radius 3 is 2.81 bits per heavy atom. The lowest BCUT2D eigenvalue weighted by Gasteiger charge is -2.06. The molecular weight excluding hydrogens is 294 g/mol. The number of rotatable bonds is 3. The molecule has 0 bridgehead atoms. The Labute approximate surface area is 125 Å². The van der Waals surface area contributed by atoms with Crippen molar-refractivity contribution in [3.05, 3.63) is 46.7 Å². The first kappa shape index (κ1) is 13.6. The summed E-state index contributed by atoms with van der Waals surface area (Å²) in [4.78, 5) is 17.2. The predicted molar refractivity (Wildman–Crippen MR) is 77.3 cm³/mol. The zero-order valence-electron chi connectivity index (χ0n) is 11.2. The van der Waals surface area contributed by atoms with E-state index >= 15 is 0 Å². The topological polar surface area (TPSA) is 76.7 Å². The summed E-state index contributed by atoms with van der Waals surface area (Å²) in [5.74, 6) is 0.674.